The molecule has 1 heterocycles. The lowest BCUT2D eigenvalue weighted by Crippen LogP contribution is -2.57. The minimum Gasteiger partial charge on any atom is -0.497 e. The van der Waals surface area contributed by atoms with Gasteiger partial charge in [0.2, 0.25) is 0 Å². The van der Waals surface area contributed by atoms with Crippen LogP contribution in [0.4, 0.5) is 9.59 Å². The number of methoxy groups -OCH3 is 1. The first-order valence-corrected chi connectivity index (χ1v) is 16.1. The molecular formula is C38H40N4O5. The molecular weight excluding hydrogens is 592 g/mol. The van der Waals surface area contributed by atoms with E-state index in [1.54, 1.807) is 7.11 Å². The van der Waals surface area contributed by atoms with E-state index in [0.29, 0.717) is 31.7 Å². The highest BCUT2D eigenvalue weighted by Gasteiger charge is 2.36. The summed E-state index contributed by atoms with van der Waals surface area (Å²) in [6.07, 6.45) is 0.818. The van der Waals surface area contributed by atoms with Crippen LogP contribution in [-0.4, -0.2) is 66.9 Å². The van der Waals surface area contributed by atoms with Crippen molar-refractivity contribution in [2.24, 2.45) is 0 Å². The molecule has 0 aromatic heterocycles. The van der Waals surface area contributed by atoms with Crippen LogP contribution in [0.2, 0.25) is 0 Å². The lowest BCUT2D eigenvalue weighted by Gasteiger charge is -2.32. The molecule has 4 aromatic rings. The Labute approximate surface area is 275 Å². The quantitative estimate of drug-likeness (QED) is 0.226. The van der Waals surface area contributed by atoms with Crippen LogP contribution < -0.4 is 15.4 Å². The highest BCUT2D eigenvalue weighted by Crippen LogP contribution is 2.44. The predicted octanol–water partition coefficient (Wildman–Crippen LogP) is 5.94. The van der Waals surface area contributed by atoms with Gasteiger partial charge >= 0.3 is 12.1 Å². The van der Waals surface area contributed by atoms with E-state index >= 15 is 0 Å². The van der Waals surface area contributed by atoms with Crippen LogP contribution in [0.5, 0.6) is 5.75 Å². The topological polar surface area (TPSA) is 100 Å². The van der Waals surface area contributed by atoms with Gasteiger partial charge < -0.3 is 20.1 Å². The van der Waals surface area contributed by atoms with E-state index in [2.05, 4.69) is 34.9 Å². The molecule has 242 valence electrons. The molecule has 2 atom stereocenters. The fraction of sp³-hybridized carbons (Fsp3) is 0.289. The molecule has 2 aliphatic rings. The average Bonchev–Trinajstić information content (AvgIpc) is 3.71. The lowest BCUT2D eigenvalue weighted by atomic mass is 9.98. The maximum Gasteiger partial charge on any atom is 0.407 e. The molecule has 6 rings (SSSR count). The Morgan fingerprint density at radius 2 is 1.34 bits per heavy atom. The smallest absolute Gasteiger partial charge is 0.407 e. The van der Waals surface area contributed by atoms with Crippen LogP contribution in [0.15, 0.2) is 103 Å². The molecule has 1 aliphatic heterocycles. The Hall–Kier alpha value is -5.31. The molecule has 47 heavy (non-hydrogen) atoms. The van der Waals surface area contributed by atoms with Gasteiger partial charge in [0.25, 0.3) is 5.91 Å². The first-order chi connectivity index (χ1) is 22.9. The van der Waals surface area contributed by atoms with Crippen molar-refractivity contribution < 1.29 is 23.9 Å². The number of hydrogen-bond acceptors (Lipinski definition) is 5. The maximum atomic E-state index is 14.1. The van der Waals surface area contributed by atoms with Crippen molar-refractivity contribution in [2.45, 2.75) is 44.2 Å². The molecule has 2 N–H and O–H groups in total. The highest BCUT2D eigenvalue weighted by molar-refractivity contribution is 5.88. The van der Waals surface area contributed by atoms with Crippen molar-refractivity contribution in [3.63, 3.8) is 0 Å². The largest absolute Gasteiger partial charge is 0.497 e. The number of alkyl carbamates (subject to hydrolysis) is 1. The van der Waals surface area contributed by atoms with E-state index < -0.39 is 12.1 Å². The van der Waals surface area contributed by atoms with Crippen molar-refractivity contribution in [1.82, 2.24) is 20.7 Å². The number of benzene rings is 4. The highest BCUT2D eigenvalue weighted by atomic mass is 16.5. The molecule has 0 radical (unpaired) electrons. The van der Waals surface area contributed by atoms with Crippen molar-refractivity contribution in [3.05, 3.63) is 125 Å². The van der Waals surface area contributed by atoms with Gasteiger partial charge in [0.15, 0.2) is 0 Å². The number of urea groups is 1. The van der Waals surface area contributed by atoms with Gasteiger partial charge in [-0.25, -0.2) is 19.6 Å². The number of nitrogens with zero attached hydrogens (tertiary/aromatic N) is 2. The zero-order valence-corrected chi connectivity index (χ0v) is 26.7. The third kappa shape index (κ3) is 7.25. The Morgan fingerprint density at radius 3 is 2.00 bits per heavy atom. The van der Waals surface area contributed by atoms with E-state index in [4.69, 9.17) is 9.47 Å². The van der Waals surface area contributed by atoms with Gasteiger partial charge in [0.1, 0.15) is 18.4 Å². The molecule has 0 bridgehead atoms. The van der Waals surface area contributed by atoms with Crippen LogP contribution >= 0.6 is 0 Å². The molecule has 0 spiro atoms. The van der Waals surface area contributed by atoms with E-state index in [1.165, 1.54) is 10.0 Å². The summed E-state index contributed by atoms with van der Waals surface area (Å²) in [5.74, 6) is 0.199. The second kappa shape index (κ2) is 14.4. The van der Waals surface area contributed by atoms with Gasteiger partial charge in [-0.2, -0.15) is 0 Å². The van der Waals surface area contributed by atoms with Gasteiger partial charge in [-0.15, -0.1) is 0 Å². The van der Waals surface area contributed by atoms with Crippen molar-refractivity contribution in [3.8, 4) is 16.9 Å². The van der Waals surface area contributed by atoms with Gasteiger partial charge in [-0.05, 0) is 65.3 Å². The summed E-state index contributed by atoms with van der Waals surface area (Å²) < 4.78 is 11.1. The Balaban J connectivity index is 1.15. The minimum atomic E-state index is -0.964. The molecule has 9 heteroatoms. The van der Waals surface area contributed by atoms with Crippen molar-refractivity contribution in [1.29, 1.82) is 0 Å². The first-order valence-electron chi connectivity index (χ1n) is 16.1. The molecule has 9 nitrogen and oxygen atoms in total. The number of amides is 4. The van der Waals surface area contributed by atoms with Crippen molar-refractivity contribution >= 4 is 18.0 Å². The molecule has 1 fully saturated rings. The zero-order chi connectivity index (χ0) is 32.8. The average molecular weight is 633 g/mol. The van der Waals surface area contributed by atoms with E-state index in [9.17, 15) is 14.4 Å². The van der Waals surface area contributed by atoms with Crippen LogP contribution in [0.3, 0.4) is 0 Å². The van der Waals surface area contributed by atoms with Crippen LogP contribution in [0.25, 0.3) is 11.1 Å². The normalized spacial score (nSPS) is 14.9. The molecule has 4 aromatic carbocycles. The molecule has 1 aliphatic carbocycles. The zero-order valence-electron chi connectivity index (χ0n) is 26.7. The summed E-state index contributed by atoms with van der Waals surface area (Å²) in [5, 5.41) is 8.76. The Bertz CT molecular complexity index is 1670. The van der Waals surface area contributed by atoms with Crippen LogP contribution in [0, 0.1) is 0 Å². The van der Waals surface area contributed by atoms with Crippen LogP contribution in [-0.2, 0) is 22.4 Å². The summed E-state index contributed by atoms with van der Waals surface area (Å²) in [6, 6.07) is 32.1. The third-order valence-corrected chi connectivity index (χ3v) is 8.81. The fourth-order valence-electron chi connectivity index (χ4n) is 6.52. The van der Waals surface area contributed by atoms with Gasteiger partial charge in [-0.1, -0.05) is 91.0 Å². The summed E-state index contributed by atoms with van der Waals surface area (Å²) >= 11 is 0. The predicted molar refractivity (Wildman–Crippen MR) is 180 cm³/mol. The summed E-state index contributed by atoms with van der Waals surface area (Å²) in [4.78, 5) is 40.8. The summed E-state index contributed by atoms with van der Waals surface area (Å²) in [6.45, 7) is 2.83. The number of hydrogen-bond donors (Lipinski definition) is 2. The summed E-state index contributed by atoms with van der Waals surface area (Å²) in [5.41, 5.74) is 6.42. The standard InChI is InChI=1S/C38H40N4O5/c1-26(23-27-11-4-3-5-12-27)39-37(44)42-22-10-21-41(42)36(43)35(24-28-17-19-29(46-2)20-18-28)40-38(45)47-25-34-32-15-8-6-13-30(32)31-14-7-9-16-33(31)34/h3-9,11-20,26,34-35H,10,21-25H2,1-2H3,(H,39,44)(H,40,45). The van der Waals surface area contributed by atoms with Gasteiger partial charge in [-0.3, -0.25) is 4.79 Å². The number of fused-ring (bicyclic) bond motifs is 3. The fourth-order valence-corrected chi connectivity index (χ4v) is 6.52. The number of carbonyl (C=O) groups excluding carboxylic acids is 3. The van der Waals surface area contributed by atoms with Gasteiger partial charge in [0.05, 0.1) is 7.11 Å². The number of carbonyl (C=O) groups is 3. The van der Waals surface area contributed by atoms with Crippen LogP contribution in [0.1, 0.15) is 41.5 Å². The molecule has 2 unspecified atom stereocenters. The number of ether oxygens (including phenoxy) is 2. The first kappa shape index (κ1) is 31.7. The van der Waals surface area contributed by atoms with E-state index in [1.807, 2.05) is 85.8 Å². The van der Waals surface area contributed by atoms with E-state index in [0.717, 1.165) is 33.4 Å². The Kier molecular flexibility index (Phi) is 9.71. The van der Waals surface area contributed by atoms with E-state index in [-0.39, 0.29) is 36.9 Å². The number of hydrazine groups is 1. The third-order valence-electron chi connectivity index (χ3n) is 8.81. The SMILES string of the molecule is COc1ccc(CC(NC(=O)OCC2c3ccccc3-c3ccccc32)C(=O)N2CCCN2C(=O)NC(C)Cc2ccccc2)cc1. The molecule has 0 saturated carbocycles. The minimum absolute atomic E-state index is 0.112. The second-order valence-corrected chi connectivity index (χ2v) is 12.1. The second-order valence-electron chi connectivity index (χ2n) is 12.1. The number of rotatable bonds is 10. The number of nitrogens with one attached hydrogen (secondary N) is 2. The summed E-state index contributed by atoms with van der Waals surface area (Å²) in [7, 11) is 1.59. The monoisotopic (exact) mass is 632 g/mol. The lowest BCUT2D eigenvalue weighted by molar-refractivity contribution is -0.142. The molecule has 4 amide bonds. The van der Waals surface area contributed by atoms with Gasteiger partial charge in [0, 0.05) is 31.5 Å². The maximum absolute atomic E-state index is 14.1. The molecule has 1 saturated heterocycles. The Morgan fingerprint density at radius 1 is 0.745 bits per heavy atom. The van der Waals surface area contributed by atoms with Crippen molar-refractivity contribution in [2.75, 3.05) is 26.8 Å².